The summed E-state index contributed by atoms with van der Waals surface area (Å²) in [5.74, 6) is 1.01. The largest absolute Gasteiger partial charge is 0.490 e. The third-order valence-electron chi connectivity index (χ3n) is 5.98. The van der Waals surface area contributed by atoms with Crippen molar-refractivity contribution in [1.29, 1.82) is 0 Å². The van der Waals surface area contributed by atoms with Crippen LogP contribution in [-0.2, 0) is 11.3 Å². The molecule has 0 amide bonds. The molecule has 0 radical (unpaired) electrons. The molecule has 0 N–H and O–H groups in total. The number of rotatable bonds is 5. The van der Waals surface area contributed by atoms with Crippen molar-refractivity contribution < 1.29 is 9.47 Å². The molecule has 0 bridgehead atoms. The molecular weight excluding hydrogens is 350 g/mol. The minimum Gasteiger partial charge on any atom is -0.490 e. The summed E-state index contributed by atoms with van der Waals surface area (Å²) >= 11 is 0. The van der Waals surface area contributed by atoms with Crippen LogP contribution in [0.4, 0.5) is 0 Å². The fourth-order valence-corrected chi connectivity index (χ4v) is 4.44. The van der Waals surface area contributed by atoms with E-state index >= 15 is 0 Å². The van der Waals surface area contributed by atoms with Gasteiger partial charge in [-0.25, -0.2) is 0 Å². The predicted octanol–water partition coefficient (Wildman–Crippen LogP) is 4.04. The summed E-state index contributed by atoms with van der Waals surface area (Å²) < 4.78 is 14.4. The third-order valence-corrected chi connectivity index (χ3v) is 5.98. The van der Waals surface area contributed by atoms with Crippen molar-refractivity contribution in [3.8, 4) is 5.75 Å². The van der Waals surface area contributed by atoms with E-state index in [0.29, 0.717) is 6.04 Å². The van der Waals surface area contributed by atoms with E-state index in [9.17, 15) is 0 Å². The van der Waals surface area contributed by atoms with Gasteiger partial charge in [0.1, 0.15) is 11.9 Å². The molecule has 28 heavy (non-hydrogen) atoms. The van der Waals surface area contributed by atoms with Crippen LogP contribution in [0.1, 0.15) is 30.9 Å². The molecule has 5 nitrogen and oxygen atoms in total. The highest BCUT2D eigenvalue weighted by molar-refractivity contribution is 5.86. The van der Waals surface area contributed by atoms with Crippen LogP contribution < -0.4 is 4.74 Å². The third kappa shape index (κ3) is 3.64. The molecule has 1 unspecified atom stereocenters. The zero-order chi connectivity index (χ0) is 18.8. The Kier molecular flexibility index (Phi) is 5.02. The maximum atomic E-state index is 6.46. The topological polar surface area (TPSA) is 39.5 Å². The van der Waals surface area contributed by atoms with Crippen LogP contribution in [0.2, 0.25) is 0 Å². The van der Waals surface area contributed by atoms with Gasteiger partial charge in [0.15, 0.2) is 0 Å². The Balaban J connectivity index is 1.24. The number of hydrogen-bond acceptors (Lipinski definition) is 4. The smallest absolute Gasteiger partial charge is 0.129 e. The van der Waals surface area contributed by atoms with Crippen LogP contribution in [-0.4, -0.2) is 46.9 Å². The molecular formula is C23H27N3O2. The Morgan fingerprint density at radius 1 is 1.07 bits per heavy atom. The first-order valence-corrected chi connectivity index (χ1v) is 10.3. The van der Waals surface area contributed by atoms with Gasteiger partial charge in [-0.05, 0) is 49.1 Å². The van der Waals surface area contributed by atoms with E-state index < -0.39 is 0 Å². The van der Waals surface area contributed by atoms with E-state index in [2.05, 4.69) is 51.0 Å². The first-order valence-electron chi connectivity index (χ1n) is 10.3. The summed E-state index contributed by atoms with van der Waals surface area (Å²) in [6.07, 6.45) is 9.48. The normalized spacial score (nSPS) is 21.4. The van der Waals surface area contributed by atoms with Gasteiger partial charge in [0.25, 0.3) is 0 Å². The Labute approximate surface area is 165 Å². The molecule has 146 valence electrons. The second kappa shape index (κ2) is 7.94. The number of likely N-dealkylation sites (tertiary alicyclic amines) is 1. The van der Waals surface area contributed by atoms with Gasteiger partial charge in [0.2, 0.25) is 0 Å². The standard InChI is InChI=1S/C23H27N3O2/c1-4-22-21(8-13-26(22)19-9-14-27-17-19)23(5-1)28-20-6-11-25(12-7-20)16-18-3-2-10-24-15-18/h1-5,8,10,13,15,19-20H,6-7,9,11-12,14,16-17H2. The van der Waals surface area contributed by atoms with Gasteiger partial charge in [-0.3, -0.25) is 9.88 Å². The van der Waals surface area contributed by atoms with Crippen molar-refractivity contribution in [3.63, 3.8) is 0 Å². The summed E-state index contributed by atoms with van der Waals surface area (Å²) in [6.45, 7) is 4.77. The number of fused-ring (bicyclic) bond motifs is 1. The summed E-state index contributed by atoms with van der Waals surface area (Å²) in [5.41, 5.74) is 2.53. The highest BCUT2D eigenvalue weighted by atomic mass is 16.5. The first kappa shape index (κ1) is 17.7. The van der Waals surface area contributed by atoms with Crippen molar-refractivity contribution in [3.05, 3.63) is 60.6 Å². The molecule has 5 rings (SSSR count). The molecule has 1 atom stereocenters. The molecule has 1 aromatic carbocycles. The molecule has 2 aliphatic heterocycles. The summed E-state index contributed by atoms with van der Waals surface area (Å²) in [7, 11) is 0. The van der Waals surface area contributed by atoms with Crippen LogP contribution in [0.3, 0.4) is 0 Å². The molecule has 4 heterocycles. The highest BCUT2D eigenvalue weighted by Gasteiger charge is 2.23. The highest BCUT2D eigenvalue weighted by Crippen LogP contribution is 2.32. The molecule has 2 fully saturated rings. The molecule has 0 aliphatic carbocycles. The van der Waals surface area contributed by atoms with Crippen molar-refractivity contribution >= 4 is 10.9 Å². The number of nitrogens with zero attached hydrogens (tertiary/aromatic N) is 3. The molecule has 0 spiro atoms. The van der Waals surface area contributed by atoms with Crippen LogP contribution in [0.5, 0.6) is 5.75 Å². The summed E-state index contributed by atoms with van der Waals surface area (Å²) in [6, 6.07) is 13.2. The number of piperidine rings is 1. The molecule has 3 aromatic rings. The first-order chi connectivity index (χ1) is 13.9. The zero-order valence-corrected chi connectivity index (χ0v) is 16.2. The van der Waals surface area contributed by atoms with E-state index in [1.165, 1.54) is 16.5 Å². The average molecular weight is 377 g/mol. The van der Waals surface area contributed by atoms with Gasteiger partial charge in [-0.15, -0.1) is 0 Å². The van der Waals surface area contributed by atoms with E-state index in [0.717, 1.165) is 57.9 Å². The van der Waals surface area contributed by atoms with Gasteiger partial charge in [0.05, 0.1) is 18.2 Å². The second-order valence-corrected chi connectivity index (χ2v) is 7.88. The Morgan fingerprint density at radius 2 is 2.00 bits per heavy atom. The predicted molar refractivity (Wildman–Crippen MR) is 110 cm³/mol. The lowest BCUT2D eigenvalue weighted by Crippen LogP contribution is -2.37. The van der Waals surface area contributed by atoms with Crippen LogP contribution in [0.25, 0.3) is 10.9 Å². The fourth-order valence-electron chi connectivity index (χ4n) is 4.44. The van der Waals surface area contributed by atoms with Gasteiger partial charge >= 0.3 is 0 Å². The second-order valence-electron chi connectivity index (χ2n) is 7.88. The van der Waals surface area contributed by atoms with Crippen LogP contribution in [0.15, 0.2) is 55.0 Å². The average Bonchev–Trinajstić information content (AvgIpc) is 3.40. The Morgan fingerprint density at radius 3 is 2.79 bits per heavy atom. The van der Waals surface area contributed by atoms with Crippen molar-refractivity contribution in [2.24, 2.45) is 0 Å². The summed E-state index contributed by atoms with van der Waals surface area (Å²) in [4.78, 5) is 6.71. The van der Waals surface area contributed by atoms with Gasteiger partial charge < -0.3 is 14.0 Å². The maximum Gasteiger partial charge on any atom is 0.129 e. The molecule has 0 saturated carbocycles. The quantitative estimate of drug-likeness (QED) is 0.673. The lowest BCUT2D eigenvalue weighted by Gasteiger charge is -2.32. The van der Waals surface area contributed by atoms with E-state index in [1.807, 2.05) is 18.5 Å². The maximum absolute atomic E-state index is 6.46. The Bertz CT molecular complexity index is 910. The van der Waals surface area contributed by atoms with Crippen molar-refractivity contribution in [1.82, 2.24) is 14.5 Å². The molecule has 2 aliphatic rings. The lowest BCUT2D eigenvalue weighted by molar-refractivity contribution is 0.0979. The molecule has 5 heteroatoms. The van der Waals surface area contributed by atoms with E-state index in [1.54, 1.807) is 0 Å². The van der Waals surface area contributed by atoms with Gasteiger partial charge in [-0.2, -0.15) is 0 Å². The van der Waals surface area contributed by atoms with E-state index in [4.69, 9.17) is 9.47 Å². The number of ether oxygens (including phenoxy) is 2. The van der Waals surface area contributed by atoms with Crippen molar-refractivity contribution in [2.45, 2.75) is 38.0 Å². The van der Waals surface area contributed by atoms with Crippen LogP contribution >= 0.6 is 0 Å². The molecule has 2 saturated heterocycles. The van der Waals surface area contributed by atoms with Gasteiger partial charge in [-0.1, -0.05) is 12.1 Å². The Hall–Kier alpha value is -2.37. The van der Waals surface area contributed by atoms with Crippen molar-refractivity contribution in [2.75, 3.05) is 26.3 Å². The van der Waals surface area contributed by atoms with Gasteiger partial charge in [0, 0.05) is 50.2 Å². The van der Waals surface area contributed by atoms with Crippen LogP contribution in [0, 0.1) is 0 Å². The molecule has 2 aromatic heterocycles. The zero-order valence-electron chi connectivity index (χ0n) is 16.2. The summed E-state index contributed by atoms with van der Waals surface area (Å²) in [5, 5.41) is 1.21. The fraction of sp³-hybridized carbons (Fsp3) is 0.435. The minimum absolute atomic E-state index is 0.286. The van der Waals surface area contributed by atoms with E-state index in [-0.39, 0.29) is 6.10 Å². The number of pyridine rings is 1. The SMILES string of the molecule is c1cncc(CN2CCC(Oc3cccc4c3ccn4C3CCOC3)CC2)c1. The number of aromatic nitrogens is 2. The lowest BCUT2D eigenvalue weighted by atomic mass is 10.1. The monoisotopic (exact) mass is 377 g/mol. The minimum atomic E-state index is 0.286. The number of benzene rings is 1. The number of hydrogen-bond donors (Lipinski definition) is 0.